The summed E-state index contributed by atoms with van der Waals surface area (Å²) in [6.07, 6.45) is 1.25. The van der Waals surface area contributed by atoms with Gasteiger partial charge in [-0.25, -0.2) is 0 Å². The molecule has 1 aromatic rings. The van der Waals surface area contributed by atoms with Gasteiger partial charge in [0.1, 0.15) is 0 Å². The van der Waals surface area contributed by atoms with Crippen molar-refractivity contribution in [3.63, 3.8) is 0 Å². The summed E-state index contributed by atoms with van der Waals surface area (Å²) in [4.78, 5) is 24.5. The molecule has 0 aliphatic rings. The fourth-order valence-corrected chi connectivity index (χ4v) is 2.29. The summed E-state index contributed by atoms with van der Waals surface area (Å²) < 4.78 is 4.55. The number of likely N-dealkylation sites (N-methyl/N-ethyl adjacent to an activating group) is 1. The number of carbonyl (C=O) groups excluding carboxylic acids is 2. The van der Waals surface area contributed by atoms with Crippen LogP contribution in [0.1, 0.15) is 12.0 Å². The summed E-state index contributed by atoms with van der Waals surface area (Å²) in [5, 5.41) is 0. The number of hydrogen-bond donors (Lipinski definition) is 0. The van der Waals surface area contributed by atoms with Crippen LogP contribution < -0.4 is 0 Å². The first-order chi connectivity index (χ1) is 9.13. The molecule has 4 nitrogen and oxygen atoms in total. The number of rotatable bonds is 7. The summed E-state index contributed by atoms with van der Waals surface area (Å²) in [5.41, 5.74) is 0.985. The minimum Gasteiger partial charge on any atom is -0.474 e. The lowest BCUT2D eigenvalue weighted by molar-refractivity contribution is -0.129. The standard InChI is InChI=1S/C14H19NO3Si/c1-15(10-8-12-6-4-3-5-7-12)13(16)9-11-19-14(17)18-2/h3-7H,8-11H2,1-2H3. The van der Waals surface area contributed by atoms with Gasteiger partial charge in [0.15, 0.2) is 9.52 Å². The average Bonchev–Trinajstić information content (AvgIpc) is 2.45. The predicted octanol–water partition coefficient (Wildman–Crippen LogP) is 1.97. The molecule has 2 radical (unpaired) electrons. The van der Waals surface area contributed by atoms with Crippen LogP contribution in [0.15, 0.2) is 30.3 Å². The van der Waals surface area contributed by atoms with Crippen LogP contribution in [0.25, 0.3) is 0 Å². The third-order valence-electron chi connectivity index (χ3n) is 2.80. The molecule has 1 rings (SSSR count). The van der Waals surface area contributed by atoms with E-state index in [1.807, 2.05) is 18.2 Å². The van der Waals surface area contributed by atoms with Gasteiger partial charge in [0.25, 0.3) is 5.59 Å². The van der Waals surface area contributed by atoms with Gasteiger partial charge in [-0.05, 0) is 18.0 Å². The summed E-state index contributed by atoms with van der Waals surface area (Å²) in [7, 11) is 3.22. The highest BCUT2D eigenvalue weighted by Gasteiger charge is 2.10. The lowest BCUT2D eigenvalue weighted by Gasteiger charge is -2.16. The Hall–Kier alpha value is -1.62. The molecule has 19 heavy (non-hydrogen) atoms. The molecule has 0 aliphatic carbocycles. The Morgan fingerprint density at radius 3 is 2.58 bits per heavy atom. The van der Waals surface area contributed by atoms with Crippen LogP contribution in [0.5, 0.6) is 0 Å². The SMILES string of the molecule is COC(=O)[Si]CCC(=O)N(C)CCc1ccccc1. The highest BCUT2D eigenvalue weighted by Crippen LogP contribution is 2.02. The fourth-order valence-electron chi connectivity index (χ4n) is 1.60. The van der Waals surface area contributed by atoms with Crippen LogP contribution in [-0.2, 0) is 16.0 Å². The third kappa shape index (κ3) is 6.19. The van der Waals surface area contributed by atoms with Gasteiger partial charge in [0.2, 0.25) is 5.91 Å². The second kappa shape index (κ2) is 8.47. The van der Waals surface area contributed by atoms with Gasteiger partial charge >= 0.3 is 0 Å². The molecular formula is C14H19NO3Si. The van der Waals surface area contributed by atoms with Crippen molar-refractivity contribution < 1.29 is 14.3 Å². The minimum absolute atomic E-state index is 0.0578. The van der Waals surface area contributed by atoms with Crippen molar-refractivity contribution in [3.05, 3.63) is 35.9 Å². The molecule has 0 bridgehead atoms. The van der Waals surface area contributed by atoms with Gasteiger partial charge in [-0.15, -0.1) is 0 Å². The number of nitrogens with zero attached hydrogens (tertiary/aromatic N) is 1. The Morgan fingerprint density at radius 2 is 1.95 bits per heavy atom. The molecule has 0 atom stereocenters. The van der Waals surface area contributed by atoms with Crippen LogP contribution >= 0.6 is 0 Å². The second-order valence-electron chi connectivity index (χ2n) is 4.22. The molecule has 0 unspecified atom stereocenters. The van der Waals surface area contributed by atoms with Crippen LogP contribution in [0.3, 0.4) is 0 Å². The number of hydrogen-bond acceptors (Lipinski definition) is 3. The van der Waals surface area contributed by atoms with Gasteiger partial charge in [-0.2, -0.15) is 0 Å². The lowest BCUT2D eigenvalue weighted by atomic mass is 10.1. The molecule has 0 saturated carbocycles. The minimum atomic E-state index is -0.236. The Morgan fingerprint density at radius 1 is 1.26 bits per heavy atom. The van der Waals surface area contributed by atoms with E-state index in [1.165, 1.54) is 12.7 Å². The van der Waals surface area contributed by atoms with Crippen LogP contribution in [0.4, 0.5) is 4.79 Å². The van der Waals surface area contributed by atoms with E-state index in [-0.39, 0.29) is 21.0 Å². The van der Waals surface area contributed by atoms with E-state index in [1.54, 1.807) is 11.9 Å². The zero-order valence-electron chi connectivity index (χ0n) is 11.4. The van der Waals surface area contributed by atoms with E-state index in [0.29, 0.717) is 19.0 Å². The topological polar surface area (TPSA) is 46.6 Å². The second-order valence-corrected chi connectivity index (χ2v) is 5.48. The zero-order chi connectivity index (χ0) is 14.1. The Kier molecular flexibility index (Phi) is 6.88. The van der Waals surface area contributed by atoms with Gasteiger partial charge in [-0.3, -0.25) is 9.59 Å². The van der Waals surface area contributed by atoms with Crippen LogP contribution in [-0.4, -0.2) is 46.6 Å². The van der Waals surface area contributed by atoms with Gasteiger partial charge in [0, 0.05) is 20.0 Å². The highest BCUT2D eigenvalue weighted by molar-refractivity contribution is 6.72. The van der Waals surface area contributed by atoms with Crippen molar-refractivity contribution in [2.75, 3.05) is 20.7 Å². The van der Waals surface area contributed by atoms with Crippen molar-refractivity contribution in [3.8, 4) is 0 Å². The average molecular weight is 277 g/mol. The molecule has 0 fully saturated rings. The number of carbonyl (C=O) groups is 2. The zero-order valence-corrected chi connectivity index (χ0v) is 12.4. The van der Waals surface area contributed by atoms with Crippen LogP contribution in [0.2, 0.25) is 6.04 Å². The Balaban J connectivity index is 2.23. The normalized spacial score (nSPS) is 10.0. The van der Waals surface area contributed by atoms with Crippen molar-refractivity contribution in [1.82, 2.24) is 4.90 Å². The van der Waals surface area contributed by atoms with E-state index >= 15 is 0 Å². The van der Waals surface area contributed by atoms with Gasteiger partial charge < -0.3 is 9.64 Å². The lowest BCUT2D eigenvalue weighted by Crippen LogP contribution is -2.29. The molecule has 1 aromatic carbocycles. The van der Waals surface area contributed by atoms with Gasteiger partial charge in [0.05, 0.1) is 7.11 Å². The van der Waals surface area contributed by atoms with Crippen molar-refractivity contribution in [2.24, 2.45) is 0 Å². The largest absolute Gasteiger partial charge is 0.474 e. The quantitative estimate of drug-likeness (QED) is 0.716. The number of ether oxygens (including phenoxy) is 1. The molecule has 5 heteroatoms. The van der Waals surface area contributed by atoms with E-state index in [4.69, 9.17) is 0 Å². The monoisotopic (exact) mass is 277 g/mol. The maximum atomic E-state index is 11.8. The molecule has 0 heterocycles. The number of benzene rings is 1. The predicted molar refractivity (Wildman–Crippen MR) is 75.4 cm³/mol. The Bertz CT molecular complexity index is 408. The van der Waals surface area contributed by atoms with Gasteiger partial charge in [-0.1, -0.05) is 30.3 Å². The molecular weight excluding hydrogens is 258 g/mol. The Labute approximate surface area is 116 Å². The summed E-state index contributed by atoms with van der Waals surface area (Å²) >= 11 is 0. The molecule has 1 amide bonds. The van der Waals surface area contributed by atoms with Crippen molar-refractivity contribution >= 4 is 21.0 Å². The molecule has 0 N–H and O–H groups in total. The number of amides is 1. The van der Waals surface area contributed by atoms with E-state index < -0.39 is 0 Å². The summed E-state index contributed by atoms with van der Waals surface area (Å²) in [6, 6.07) is 10.6. The van der Waals surface area contributed by atoms with Crippen molar-refractivity contribution in [1.29, 1.82) is 0 Å². The first-order valence-electron chi connectivity index (χ1n) is 6.23. The molecule has 0 saturated heterocycles. The molecule has 0 spiro atoms. The van der Waals surface area contributed by atoms with Crippen molar-refractivity contribution in [2.45, 2.75) is 18.9 Å². The summed E-state index contributed by atoms with van der Waals surface area (Å²) in [6.45, 7) is 0.699. The molecule has 0 aromatic heterocycles. The van der Waals surface area contributed by atoms with Crippen LogP contribution in [0, 0.1) is 0 Å². The maximum absolute atomic E-state index is 11.8. The first-order valence-corrected chi connectivity index (χ1v) is 7.44. The van der Waals surface area contributed by atoms with E-state index in [9.17, 15) is 9.59 Å². The summed E-state index contributed by atoms with van der Waals surface area (Å²) in [5.74, 6) is 0.0762. The maximum Gasteiger partial charge on any atom is 0.267 e. The first kappa shape index (κ1) is 15.4. The fraction of sp³-hybridized carbons (Fsp3) is 0.429. The smallest absolute Gasteiger partial charge is 0.267 e. The van der Waals surface area contributed by atoms with E-state index in [0.717, 1.165) is 6.42 Å². The highest BCUT2D eigenvalue weighted by atomic mass is 28.2. The third-order valence-corrected chi connectivity index (χ3v) is 3.79. The van der Waals surface area contributed by atoms with E-state index in [2.05, 4.69) is 16.9 Å². The molecule has 0 aliphatic heterocycles. The molecule has 102 valence electrons. The number of methoxy groups -OCH3 is 1.